The fourth-order valence-electron chi connectivity index (χ4n) is 1.68. The molecule has 16 heavy (non-hydrogen) atoms. The van der Waals surface area contributed by atoms with Crippen molar-refractivity contribution in [3.63, 3.8) is 0 Å². The number of hydrogen-bond donors (Lipinski definition) is 1. The van der Waals surface area contributed by atoms with Gasteiger partial charge in [0.2, 0.25) is 0 Å². The predicted octanol–water partition coefficient (Wildman–Crippen LogP) is 1.08. The van der Waals surface area contributed by atoms with Crippen LogP contribution in [0, 0.1) is 6.92 Å². The summed E-state index contributed by atoms with van der Waals surface area (Å²) in [5, 5.41) is 14.3. The first-order valence-electron chi connectivity index (χ1n) is 5.13. The summed E-state index contributed by atoms with van der Waals surface area (Å²) in [5.74, 6) is 0. The number of likely N-dealkylation sites (N-methyl/N-ethyl adjacent to an activating group) is 1. The Balaban J connectivity index is 2.15. The van der Waals surface area contributed by atoms with E-state index in [2.05, 4.69) is 26.0 Å². The van der Waals surface area contributed by atoms with Crippen LogP contribution in [0.5, 0.6) is 0 Å². The van der Waals surface area contributed by atoms with Crippen molar-refractivity contribution < 1.29 is 0 Å². The molecule has 0 saturated carbocycles. The topological polar surface area (TPSA) is 55.6 Å². The van der Waals surface area contributed by atoms with E-state index in [1.165, 1.54) is 0 Å². The van der Waals surface area contributed by atoms with Gasteiger partial charge in [0.25, 0.3) is 0 Å². The molecule has 5 nitrogen and oxygen atoms in total. The van der Waals surface area contributed by atoms with Gasteiger partial charge in [0.05, 0.1) is 28.6 Å². The average molecular weight is 237 g/mol. The Bertz CT molecular complexity index is 461. The lowest BCUT2D eigenvalue weighted by atomic mass is 10.1. The number of nitrogens with one attached hydrogen (secondary N) is 1. The van der Waals surface area contributed by atoms with E-state index in [0.717, 1.165) is 22.8 Å². The highest BCUT2D eigenvalue weighted by atomic mass is 32.1. The Labute approximate surface area is 98.5 Å². The molecule has 6 heteroatoms. The molecule has 1 unspecified atom stereocenters. The van der Waals surface area contributed by atoms with Crippen LogP contribution in [0.2, 0.25) is 0 Å². The molecule has 2 heterocycles. The van der Waals surface area contributed by atoms with Crippen molar-refractivity contribution in [1.29, 1.82) is 0 Å². The summed E-state index contributed by atoms with van der Waals surface area (Å²) < 4.78 is 1.79. The number of aromatic nitrogens is 4. The first kappa shape index (κ1) is 11.2. The Morgan fingerprint density at radius 2 is 2.38 bits per heavy atom. The number of thiazole rings is 1. The van der Waals surface area contributed by atoms with E-state index in [9.17, 15) is 0 Å². The first-order valence-corrected chi connectivity index (χ1v) is 6.01. The van der Waals surface area contributed by atoms with Crippen molar-refractivity contribution in [3.8, 4) is 0 Å². The molecule has 0 aromatic carbocycles. The van der Waals surface area contributed by atoms with Crippen molar-refractivity contribution in [3.05, 3.63) is 28.0 Å². The van der Waals surface area contributed by atoms with Gasteiger partial charge in [0.1, 0.15) is 0 Å². The second-order valence-electron chi connectivity index (χ2n) is 3.69. The highest BCUT2D eigenvalue weighted by molar-refractivity contribution is 7.09. The second-order valence-corrected chi connectivity index (χ2v) is 4.75. The lowest BCUT2D eigenvalue weighted by Gasteiger charge is -2.14. The monoisotopic (exact) mass is 237 g/mol. The van der Waals surface area contributed by atoms with Gasteiger partial charge in [-0.2, -0.15) is 0 Å². The summed E-state index contributed by atoms with van der Waals surface area (Å²) in [6.07, 6.45) is 2.66. The lowest BCUT2D eigenvalue weighted by molar-refractivity contribution is 0.530. The summed E-state index contributed by atoms with van der Waals surface area (Å²) in [4.78, 5) is 4.47. The molecule has 0 fully saturated rings. The van der Waals surface area contributed by atoms with Crippen LogP contribution in [-0.2, 0) is 13.5 Å². The Kier molecular flexibility index (Phi) is 3.31. The summed E-state index contributed by atoms with van der Waals surface area (Å²) in [5.41, 5.74) is 2.19. The van der Waals surface area contributed by atoms with E-state index in [1.807, 2.05) is 21.0 Å². The first-order chi connectivity index (χ1) is 7.70. The molecule has 2 aromatic rings. The van der Waals surface area contributed by atoms with Crippen molar-refractivity contribution in [2.24, 2.45) is 7.05 Å². The molecule has 0 spiro atoms. The highest BCUT2D eigenvalue weighted by Gasteiger charge is 2.15. The SMILES string of the molecule is CNC(Cc1csc(C)n1)c1cnnn1C. The van der Waals surface area contributed by atoms with Gasteiger partial charge >= 0.3 is 0 Å². The highest BCUT2D eigenvalue weighted by Crippen LogP contribution is 2.18. The molecular weight excluding hydrogens is 222 g/mol. The second kappa shape index (κ2) is 4.71. The molecular formula is C10H15N5S. The van der Waals surface area contributed by atoms with Gasteiger partial charge in [0, 0.05) is 18.8 Å². The van der Waals surface area contributed by atoms with E-state index in [1.54, 1.807) is 22.2 Å². The Morgan fingerprint density at radius 3 is 2.88 bits per heavy atom. The van der Waals surface area contributed by atoms with Crippen LogP contribution in [0.25, 0.3) is 0 Å². The summed E-state index contributed by atoms with van der Waals surface area (Å²) in [7, 11) is 3.84. The number of nitrogens with zero attached hydrogens (tertiary/aromatic N) is 4. The summed E-state index contributed by atoms with van der Waals surface area (Å²) >= 11 is 1.68. The number of hydrogen-bond acceptors (Lipinski definition) is 5. The molecule has 86 valence electrons. The van der Waals surface area contributed by atoms with Crippen molar-refractivity contribution in [1.82, 2.24) is 25.3 Å². The maximum absolute atomic E-state index is 4.47. The molecule has 0 amide bonds. The van der Waals surface area contributed by atoms with E-state index in [0.29, 0.717) is 0 Å². The van der Waals surface area contributed by atoms with E-state index in [-0.39, 0.29) is 6.04 Å². The molecule has 2 aromatic heterocycles. The zero-order chi connectivity index (χ0) is 11.5. The third-order valence-electron chi connectivity index (χ3n) is 2.53. The summed E-state index contributed by atoms with van der Waals surface area (Å²) in [6.45, 7) is 2.02. The van der Waals surface area contributed by atoms with Gasteiger partial charge in [-0.05, 0) is 14.0 Å². The van der Waals surface area contributed by atoms with Crippen LogP contribution in [-0.4, -0.2) is 27.0 Å². The minimum absolute atomic E-state index is 0.210. The minimum Gasteiger partial charge on any atom is -0.311 e. The minimum atomic E-state index is 0.210. The molecule has 0 aliphatic heterocycles. The molecule has 0 aliphatic rings. The Hall–Kier alpha value is -1.27. The normalized spacial score (nSPS) is 12.9. The van der Waals surface area contributed by atoms with Gasteiger partial charge in [-0.3, -0.25) is 4.68 Å². The third-order valence-corrected chi connectivity index (χ3v) is 3.36. The number of aryl methyl sites for hydroxylation is 2. The molecule has 1 N–H and O–H groups in total. The lowest BCUT2D eigenvalue weighted by Crippen LogP contribution is -2.21. The number of rotatable bonds is 4. The largest absolute Gasteiger partial charge is 0.311 e. The molecule has 2 rings (SSSR count). The van der Waals surface area contributed by atoms with Crippen LogP contribution < -0.4 is 5.32 Å². The molecule has 0 radical (unpaired) electrons. The van der Waals surface area contributed by atoms with Gasteiger partial charge in [0.15, 0.2) is 0 Å². The van der Waals surface area contributed by atoms with Crippen LogP contribution in [0.15, 0.2) is 11.6 Å². The van der Waals surface area contributed by atoms with E-state index < -0.39 is 0 Å². The van der Waals surface area contributed by atoms with Gasteiger partial charge < -0.3 is 5.32 Å². The smallest absolute Gasteiger partial charge is 0.0897 e. The zero-order valence-electron chi connectivity index (χ0n) is 9.64. The molecule has 0 bridgehead atoms. The fraction of sp³-hybridized carbons (Fsp3) is 0.500. The maximum atomic E-state index is 4.47. The third kappa shape index (κ3) is 2.28. The van der Waals surface area contributed by atoms with Crippen molar-refractivity contribution in [2.75, 3.05) is 7.05 Å². The van der Waals surface area contributed by atoms with Gasteiger partial charge in [-0.1, -0.05) is 5.21 Å². The fourth-order valence-corrected chi connectivity index (χ4v) is 2.30. The van der Waals surface area contributed by atoms with Crippen LogP contribution in [0.3, 0.4) is 0 Å². The standard InChI is InChI=1S/C10H15N5S/c1-7-13-8(6-16-7)4-9(11-2)10-5-12-14-15(10)3/h5-6,9,11H,4H2,1-3H3. The van der Waals surface area contributed by atoms with Crippen molar-refractivity contribution in [2.45, 2.75) is 19.4 Å². The van der Waals surface area contributed by atoms with E-state index in [4.69, 9.17) is 0 Å². The molecule has 0 aliphatic carbocycles. The van der Waals surface area contributed by atoms with Crippen LogP contribution in [0.4, 0.5) is 0 Å². The Morgan fingerprint density at radius 1 is 1.56 bits per heavy atom. The quantitative estimate of drug-likeness (QED) is 0.864. The van der Waals surface area contributed by atoms with Crippen LogP contribution in [0.1, 0.15) is 22.4 Å². The van der Waals surface area contributed by atoms with Crippen LogP contribution >= 0.6 is 11.3 Å². The average Bonchev–Trinajstić information content (AvgIpc) is 2.84. The summed E-state index contributed by atoms with van der Waals surface area (Å²) in [6, 6.07) is 0.210. The van der Waals surface area contributed by atoms with Crippen molar-refractivity contribution >= 4 is 11.3 Å². The van der Waals surface area contributed by atoms with Gasteiger partial charge in [-0.15, -0.1) is 16.4 Å². The predicted molar refractivity (Wildman–Crippen MR) is 63.4 cm³/mol. The molecule has 0 saturated heterocycles. The zero-order valence-corrected chi connectivity index (χ0v) is 10.5. The van der Waals surface area contributed by atoms with Gasteiger partial charge in [-0.25, -0.2) is 4.98 Å². The maximum Gasteiger partial charge on any atom is 0.0897 e. The molecule has 1 atom stereocenters. The van der Waals surface area contributed by atoms with E-state index >= 15 is 0 Å².